The molecule has 0 fully saturated rings. The maximum Gasteiger partial charge on any atom is 0.0983 e. The number of ether oxygens (including phenoxy) is 1. The summed E-state index contributed by atoms with van der Waals surface area (Å²) in [5, 5.41) is 14.2. The summed E-state index contributed by atoms with van der Waals surface area (Å²) in [5.74, 6) is 0. The van der Waals surface area contributed by atoms with Gasteiger partial charge in [-0.15, -0.1) is 0 Å². The third-order valence-electron chi connectivity index (χ3n) is 2.63. The second-order valence-electron chi connectivity index (χ2n) is 4.26. The number of aliphatic hydroxyl groups is 1. The second-order valence-corrected chi connectivity index (χ2v) is 4.26. The van der Waals surface area contributed by atoms with Gasteiger partial charge < -0.3 is 9.84 Å². The molecule has 1 heterocycles. The Morgan fingerprint density at radius 3 is 2.80 bits per heavy atom. The lowest BCUT2D eigenvalue weighted by Gasteiger charge is -2.26. The number of aryl methyl sites for hydroxylation is 1. The van der Waals surface area contributed by atoms with Crippen LogP contribution in [0.1, 0.15) is 39.0 Å². The van der Waals surface area contributed by atoms with Gasteiger partial charge in [0, 0.05) is 26.3 Å². The maximum absolute atomic E-state index is 10.0. The monoisotopic (exact) mass is 212 g/mol. The van der Waals surface area contributed by atoms with Crippen LogP contribution < -0.4 is 0 Å². The van der Waals surface area contributed by atoms with E-state index in [0.29, 0.717) is 6.42 Å². The molecule has 1 rings (SSSR count). The average Bonchev–Trinajstić information content (AvgIpc) is 2.64. The van der Waals surface area contributed by atoms with Crippen molar-refractivity contribution in [3.05, 3.63) is 18.0 Å². The van der Waals surface area contributed by atoms with Crippen molar-refractivity contribution in [3.63, 3.8) is 0 Å². The molecule has 4 heteroatoms. The molecular weight excluding hydrogens is 192 g/mol. The van der Waals surface area contributed by atoms with Gasteiger partial charge in [-0.05, 0) is 26.8 Å². The Kier molecular flexibility index (Phi) is 3.88. The fraction of sp³-hybridized carbons (Fsp3) is 0.727. The van der Waals surface area contributed by atoms with Crippen molar-refractivity contribution >= 4 is 0 Å². The third-order valence-corrected chi connectivity index (χ3v) is 2.63. The summed E-state index contributed by atoms with van der Waals surface area (Å²) < 4.78 is 7.09. The molecule has 1 unspecified atom stereocenters. The Balaban J connectivity index is 2.73. The number of nitrogens with zero attached hydrogens (tertiary/aromatic N) is 2. The highest BCUT2D eigenvalue weighted by atomic mass is 16.5. The zero-order valence-corrected chi connectivity index (χ0v) is 9.90. The van der Waals surface area contributed by atoms with Crippen LogP contribution in [-0.2, 0) is 11.3 Å². The van der Waals surface area contributed by atoms with Crippen molar-refractivity contribution < 1.29 is 9.84 Å². The molecule has 0 radical (unpaired) electrons. The van der Waals surface area contributed by atoms with E-state index in [1.165, 1.54) is 0 Å². The molecule has 0 aliphatic carbocycles. The standard InChI is InChI=1S/C11H20N2O2/c1-5-13-9(6-7-12-13)10(14)8-11(2,3)15-4/h6-7,10,14H,5,8H2,1-4H3. The van der Waals surface area contributed by atoms with Crippen LogP contribution in [-0.4, -0.2) is 27.6 Å². The van der Waals surface area contributed by atoms with Gasteiger partial charge in [-0.25, -0.2) is 0 Å². The summed E-state index contributed by atoms with van der Waals surface area (Å²) in [6.07, 6.45) is 1.75. The first-order chi connectivity index (χ1) is 7.00. The number of hydrogen-bond acceptors (Lipinski definition) is 3. The molecule has 0 spiro atoms. The highest BCUT2D eigenvalue weighted by Crippen LogP contribution is 2.25. The van der Waals surface area contributed by atoms with Crippen LogP contribution in [0.3, 0.4) is 0 Å². The first-order valence-electron chi connectivity index (χ1n) is 5.25. The fourth-order valence-corrected chi connectivity index (χ4v) is 1.54. The van der Waals surface area contributed by atoms with Crippen LogP contribution in [0.4, 0.5) is 0 Å². The predicted molar refractivity (Wildman–Crippen MR) is 58.6 cm³/mol. The van der Waals surface area contributed by atoms with Crippen LogP contribution in [0, 0.1) is 0 Å². The van der Waals surface area contributed by atoms with Crippen molar-refractivity contribution in [3.8, 4) is 0 Å². The molecule has 0 aliphatic heterocycles. The van der Waals surface area contributed by atoms with Crippen LogP contribution in [0.5, 0.6) is 0 Å². The average molecular weight is 212 g/mol. The summed E-state index contributed by atoms with van der Waals surface area (Å²) in [6.45, 7) is 6.70. The van der Waals surface area contributed by atoms with Crippen LogP contribution in [0.2, 0.25) is 0 Å². The summed E-state index contributed by atoms with van der Waals surface area (Å²) in [7, 11) is 1.66. The lowest BCUT2D eigenvalue weighted by molar-refractivity contribution is -0.0219. The predicted octanol–water partition coefficient (Wildman–Crippen LogP) is 1.75. The highest BCUT2D eigenvalue weighted by Gasteiger charge is 2.24. The van der Waals surface area contributed by atoms with E-state index >= 15 is 0 Å². The van der Waals surface area contributed by atoms with E-state index in [0.717, 1.165) is 12.2 Å². The van der Waals surface area contributed by atoms with E-state index in [1.807, 2.05) is 26.8 Å². The minimum absolute atomic E-state index is 0.317. The first kappa shape index (κ1) is 12.2. The van der Waals surface area contributed by atoms with Crippen LogP contribution in [0.15, 0.2) is 12.3 Å². The number of hydrogen-bond donors (Lipinski definition) is 1. The molecule has 1 aromatic heterocycles. The van der Waals surface area contributed by atoms with Gasteiger partial charge in [0.05, 0.1) is 17.4 Å². The number of methoxy groups -OCH3 is 1. The Morgan fingerprint density at radius 1 is 1.60 bits per heavy atom. The van der Waals surface area contributed by atoms with Gasteiger partial charge >= 0.3 is 0 Å². The second kappa shape index (κ2) is 4.77. The molecule has 0 aliphatic rings. The highest BCUT2D eigenvalue weighted by molar-refractivity contribution is 5.05. The van der Waals surface area contributed by atoms with Crippen molar-refractivity contribution in [2.45, 2.75) is 45.4 Å². The largest absolute Gasteiger partial charge is 0.387 e. The van der Waals surface area contributed by atoms with Crippen molar-refractivity contribution in [1.82, 2.24) is 9.78 Å². The molecule has 15 heavy (non-hydrogen) atoms. The summed E-state index contributed by atoms with van der Waals surface area (Å²) in [6, 6.07) is 1.85. The molecule has 4 nitrogen and oxygen atoms in total. The zero-order valence-electron chi connectivity index (χ0n) is 9.90. The molecule has 0 saturated carbocycles. The first-order valence-corrected chi connectivity index (χ1v) is 5.25. The topological polar surface area (TPSA) is 47.3 Å². The third kappa shape index (κ3) is 3.04. The minimum Gasteiger partial charge on any atom is -0.387 e. The Labute approximate surface area is 90.9 Å². The van der Waals surface area contributed by atoms with E-state index in [-0.39, 0.29) is 5.60 Å². The van der Waals surface area contributed by atoms with Gasteiger partial charge in [-0.2, -0.15) is 5.10 Å². The lowest BCUT2D eigenvalue weighted by Crippen LogP contribution is -2.26. The Hall–Kier alpha value is -0.870. The molecule has 1 aromatic rings. The fourth-order valence-electron chi connectivity index (χ4n) is 1.54. The number of rotatable bonds is 5. The molecule has 0 aromatic carbocycles. The summed E-state index contributed by atoms with van der Waals surface area (Å²) >= 11 is 0. The SMILES string of the molecule is CCn1nccc1C(O)CC(C)(C)OC. The van der Waals surface area contributed by atoms with E-state index in [9.17, 15) is 5.11 Å². The minimum atomic E-state index is -0.526. The number of aromatic nitrogens is 2. The summed E-state index contributed by atoms with van der Waals surface area (Å²) in [4.78, 5) is 0. The van der Waals surface area contributed by atoms with Crippen molar-refractivity contribution in [2.75, 3.05) is 7.11 Å². The normalized spacial score (nSPS) is 14.2. The number of aliphatic hydroxyl groups excluding tert-OH is 1. The van der Waals surface area contributed by atoms with Gasteiger partial charge in [0.25, 0.3) is 0 Å². The van der Waals surface area contributed by atoms with Gasteiger partial charge in [0.15, 0.2) is 0 Å². The molecular formula is C11H20N2O2. The van der Waals surface area contributed by atoms with Gasteiger partial charge in [0.2, 0.25) is 0 Å². The van der Waals surface area contributed by atoms with Crippen molar-refractivity contribution in [1.29, 1.82) is 0 Å². The molecule has 0 bridgehead atoms. The molecule has 0 saturated heterocycles. The quantitative estimate of drug-likeness (QED) is 0.809. The lowest BCUT2D eigenvalue weighted by atomic mass is 9.99. The van der Waals surface area contributed by atoms with E-state index in [4.69, 9.17) is 4.74 Å². The van der Waals surface area contributed by atoms with E-state index < -0.39 is 6.10 Å². The van der Waals surface area contributed by atoms with Gasteiger partial charge in [0.1, 0.15) is 0 Å². The Morgan fingerprint density at radius 2 is 2.27 bits per heavy atom. The zero-order chi connectivity index (χ0) is 11.5. The molecule has 86 valence electrons. The van der Waals surface area contributed by atoms with E-state index in [1.54, 1.807) is 18.0 Å². The van der Waals surface area contributed by atoms with Gasteiger partial charge in [-0.3, -0.25) is 4.68 Å². The maximum atomic E-state index is 10.0. The van der Waals surface area contributed by atoms with Gasteiger partial charge in [-0.1, -0.05) is 0 Å². The van der Waals surface area contributed by atoms with E-state index in [2.05, 4.69) is 5.10 Å². The Bertz CT molecular complexity index is 307. The molecule has 1 N–H and O–H groups in total. The molecule has 0 amide bonds. The molecule has 1 atom stereocenters. The summed E-state index contributed by atoms with van der Waals surface area (Å²) in [5.41, 5.74) is 0.532. The van der Waals surface area contributed by atoms with Crippen LogP contribution in [0.25, 0.3) is 0 Å². The van der Waals surface area contributed by atoms with Crippen molar-refractivity contribution in [2.24, 2.45) is 0 Å². The smallest absolute Gasteiger partial charge is 0.0983 e. The van der Waals surface area contributed by atoms with Crippen LogP contribution >= 0.6 is 0 Å².